The van der Waals surface area contributed by atoms with E-state index in [2.05, 4.69) is 13.8 Å². The fourth-order valence-corrected chi connectivity index (χ4v) is 6.29. The summed E-state index contributed by atoms with van der Waals surface area (Å²) >= 11 is 0. The Bertz CT molecular complexity index is 572. The van der Waals surface area contributed by atoms with E-state index in [1.807, 2.05) is 6.92 Å². The zero-order valence-corrected chi connectivity index (χ0v) is 29.7. The van der Waals surface area contributed by atoms with E-state index in [0.29, 0.717) is 12.8 Å². The Morgan fingerprint density at radius 1 is 0.581 bits per heavy atom. The van der Waals surface area contributed by atoms with Gasteiger partial charge in [-0.3, -0.25) is 4.79 Å². The Balaban J connectivity index is 0. The number of rotatable bonds is 32. The van der Waals surface area contributed by atoms with Gasteiger partial charge in [-0.2, -0.15) is 0 Å². The van der Waals surface area contributed by atoms with E-state index in [0.717, 1.165) is 38.5 Å². The molecule has 0 radical (unpaired) electrons. The van der Waals surface area contributed by atoms with Crippen molar-refractivity contribution in [2.75, 3.05) is 0 Å². The first-order valence-electron chi connectivity index (χ1n) is 18.6. The molecule has 0 aliphatic rings. The zero-order valence-electron chi connectivity index (χ0n) is 29.7. The lowest BCUT2D eigenvalue weighted by Gasteiger charge is -2.46. The van der Waals surface area contributed by atoms with Crippen LogP contribution in [0.25, 0.3) is 0 Å². The Kier molecular flexibility index (Phi) is 31.0. The number of carbonyl (C=O) groups excluding carboxylic acids is 1. The van der Waals surface area contributed by atoms with Gasteiger partial charge in [0.1, 0.15) is 0 Å². The molecular weight excluding hydrogens is 538 g/mol. The SMILES string of the molecule is CCCCCCCCCCCCCCC(CCCCCCCCCCCCCC)(OC(=O)CC)C(O)(CC)OC(C)O.N. The number of carbonyl (C=O) groups is 1. The van der Waals surface area contributed by atoms with E-state index in [-0.39, 0.29) is 25.0 Å². The van der Waals surface area contributed by atoms with E-state index in [1.54, 1.807) is 6.92 Å². The first-order valence-corrected chi connectivity index (χ1v) is 18.6. The average Bonchev–Trinajstić information content (AvgIpc) is 2.97. The summed E-state index contributed by atoms with van der Waals surface area (Å²) in [5.74, 6) is -2.02. The minimum Gasteiger partial charge on any atom is -0.453 e. The molecule has 0 saturated heterocycles. The molecule has 43 heavy (non-hydrogen) atoms. The first kappa shape index (κ1) is 44.4. The molecule has 0 aliphatic heterocycles. The van der Waals surface area contributed by atoms with Crippen LogP contribution in [0.4, 0.5) is 0 Å². The number of ether oxygens (including phenoxy) is 2. The smallest absolute Gasteiger partial charge is 0.306 e. The maximum absolute atomic E-state index is 12.7. The standard InChI is InChI=1S/C37H74O5.H3N/c1-6-10-12-14-16-18-20-22-24-26-28-30-32-36(42-35(39)8-3,37(40,9-4)41-34(5)38)33-31-29-27-25-23-21-19-17-15-13-11-7-2;/h34,38,40H,6-33H2,1-5H3;1H3. The zero-order chi connectivity index (χ0) is 31.4. The third kappa shape index (κ3) is 22.5. The lowest BCUT2D eigenvalue weighted by molar-refractivity contribution is -0.348. The van der Waals surface area contributed by atoms with Crippen LogP contribution in [-0.4, -0.2) is 33.9 Å². The molecule has 0 spiro atoms. The van der Waals surface area contributed by atoms with Crippen molar-refractivity contribution in [2.45, 2.75) is 232 Å². The molecule has 2 unspecified atom stereocenters. The van der Waals surface area contributed by atoms with Crippen LogP contribution in [0.1, 0.15) is 214 Å². The second-order valence-electron chi connectivity index (χ2n) is 13.0. The molecule has 0 heterocycles. The van der Waals surface area contributed by atoms with Crippen molar-refractivity contribution in [1.82, 2.24) is 6.15 Å². The van der Waals surface area contributed by atoms with Gasteiger partial charge in [-0.25, -0.2) is 0 Å². The van der Waals surface area contributed by atoms with E-state index < -0.39 is 17.7 Å². The van der Waals surface area contributed by atoms with Crippen molar-refractivity contribution in [3.63, 3.8) is 0 Å². The predicted octanol–water partition coefficient (Wildman–Crippen LogP) is 11.5. The van der Waals surface area contributed by atoms with Gasteiger partial charge in [0.15, 0.2) is 11.9 Å². The number of esters is 1. The molecule has 0 aromatic rings. The minimum absolute atomic E-state index is 0. The fraction of sp³-hybridized carbons (Fsp3) is 0.973. The van der Waals surface area contributed by atoms with Crippen molar-refractivity contribution >= 4 is 5.97 Å². The predicted molar refractivity (Wildman–Crippen MR) is 184 cm³/mol. The molecule has 0 aliphatic carbocycles. The normalized spacial score (nSPS) is 13.8. The van der Waals surface area contributed by atoms with Gasteiger partial charge in [-0.05, 0) is 32.6 Å². The number of aliphatic hydroxyl groups excluding tert-OH is 1. The van der Waals surface area contributed by atoms with Crippen LogP contribution >= 0.6 is 0 Å². The van der Waals surface area contributed by atoms with Crippen molar-refractivity contribution in [2.24, 2.45) is 0 Å². The molecule has 6 heteroatoms. The third-order valence-electron chi connectivity index (χ3n) is 9.02. The molecule has 0 aromatic carbocycles. The molecule has 2 atom stereocenters. The second-order valence-corrected chi connectivity index (χ2v) is 13.0. The van der Waals surface area contributed by atoms with Crippen LogP contribution in [-0.2, 0) is 14.3 Å². The largest absolute Gasteiger partial charge is 0.453 e. The molecule has 6 nitrogen and oxygen atoms in total. The van der Waals surface area contributed by atoms with Gasteiger partial charge in [0.05, 0.1) is 0 Å². The van der Waals surface area contributed by atoms with Crippen LogP contribution < -0.4 is 6.15 Å². The number of hydrogen-bond donors (Lipinski definition) is 3. The molecular formula is C37H77NO5. The van der Waals surface area contributed by atoms with Crippen molar-refractivity contribution in [3.05, 3.63) is 0 Å². The van der Waals surface area contributed by atoms with Gasteiger partial charge in [-0.15, -0.1) is 0 Å². The number of aliphatic hydroxyl groups is 2. The lowest BCUT2D eigenvalue weighted by Crippen LogP contribution is -2.59. The fourth-order valence-electron chi connectivity index (χ4n) is 6.29. The highest BCUT2D eigenvalue weighted by Crippen LogP contribution is 2.41. The summed E-state index contributed by atoms with van der Waals surface area (Å²) in [5.41, 5.74) is -1.14. The summed E-state index contributed by atoms with van der Waals surface area (Å²) < 4.78 is 11.9. The second kappa shape index (κ2) is 30.0. The van der Waals surface area contributed by atoms with E-state index in [4.69, 9.17) is 9.47 Å². The molecule has 0 bridgehead atoms. The van der Waals surface area contributed by atoms with Gasteiger partial charge in [0, 0.05) is 12.8 Å². The van der Waals surface area contributed by atoms with Gasteiger partial charge in [0.2, 0.25) is 5.79 Å². The minimum atomic E-state index is -1.71. The van der Waals surface area contributed by atoms with Crippen LogP contribution in [0, 0.1) is 0 Å². The van der Waals surface area contributed by atoms with Gasteiger partial charge < -0.3 is 25.8 Å². The Labute approximate surface area is 268 Å². The van der Waals surface area contributed by atoms with Gasteiger partial charge in [0.25, 0.3) is 0 Å². The molecule has 0 amide bonds. The molecule has 0 saturated carbocycles. The Hall–Kier alpha value is -0.690. The van der Waals surface area contributed by atoms with Crippen LogP contribution in [0.5, 0.6) is 0 Å². The Morgan fingerprint density at radius 3 is 1.14 bits per heavy atom. The first-order chi connectivity index (χ1) is 20.3. The number of hydrogen-bond acceptors (Lipinski definition) is 6. The quantitative estimate of drug-likeness (QED) is 0.0394. The summed E-state index contributed by atoms with van der Waals surface area (Å²) in [6.07, 6.45) is 30.6. The monoisotopic (exact) mass is 616 g/mol. The highest BCUT2D eigenvalue weighted by atomic mass is 16.7. The highest BCUT2D eigenvalue weighted by Gasteiger charge is 2.53. The van der Waals surface area contributed by atoms with Gasteiger partial charge in [-0.1, -0.05) is 169 Å². The lowest BCUT2D eigenvalue weighted by atomic mass is 9.80. The van der Waals surface area contributed by atoms with Crippen molar-refractivity contribution < 1.29 is 24.5 Å². The van der Waals surface area contributed by atoms with E-state index >= 15 is 0 Å². The summed E-state index contributed by atoms with van der Waals surface area (Å²) in [6, 6.07) is 0. The van der Waals surface area contributed by atoms with Crippen molar-refractivity contribution in [3.8, 4) is 0 Å². The van der Waals surface area contributed by atoms with Crippen LogP contribution in [0.3, 0.4) is 0 Å². The molecule has 5 N–H and O–H groups in total. The number of unbranched alkanes of at least 4 members (excludes halogenated alkanes) is 22. The highest BCUT2D eigenvalue weighted by molar-refractivity contribution is 5.69. The molecule has 0 fully saturated rings. The molecule has 0 rings (SSSR count). The van der Waals surface area contributed by atoms with Crippen molar-refractivity contribution in [1.29, 1.82) is 0 Å². The van der Waals surface area contributed by atoms with Gasteiger partial charge >= 0.3 is 5.97 Å². The average molecular weight is 616 g/mol. The van der Waals surface area contributed by atoms with Crippen LogP contribution in [0.15, 0.2) is 0 Å². The third-order valence-corrected chi connectivity index (χ3v) is 9.02. The summed E-state index contributed by atoms with van der Waals surface area (Å²) in [4.78, 5) is 12.7. The molecule has 260 valence electrons. The maximum atomic E-state index is 12.7. The topological polar surface area (TPSA) is 111 Å². The van der Waals surface area contributed by atoms with Crippen LogP contribution in [0.2, 0.25) is 0 Å². The molecule has 0 aromatic heterocycles. The summed E-state index contributed by atoms with van der Waals surface area (Å²) in [5, 5.41) is 21.8. The summed E-state index contributed by atoms with van der Waals surface area (Å²) in [6.45, 7) is 9.68. The van der Waals surface area contributed by atoms with E-state index in [9.17, 15) is 15.0 Å². The Morgan fingerprint density at radius 2 is 0.884 bits per heavy atom. The van der Waals surface area contributed by atoms with E-state index in [1.165, 1.54) is 122 Å². The maximum Gasteiger partial charge on any atom is 0.306 e. The summed E-state index contributed by atoms with van der Waals surface area (Å²) in [7, 11) is 0.